The lowest BCUT2D eigenvalue weighted by molar-refractivity contribution is 0.0562. The number of ether oxygens (including phenoxy) is 2. The Kier molecular flexibility index (Phi) is 7.86. The van der Waals surface area contributed by atoms with E-state index < -0.39 is 6.10 Å². The molecule has 1 saturated heterocycles. The van der Waals surface area contributed by atoms with Crippen LogP contribution in [0.4, 0.5) is 0 Å². The summed E-state index contributed by atoms with van der Waals surface area (Å²) in [5.74, 6) is 2.31. The van der Waals surface area contributed by atoms with Gasteiger partial charge in [-0.1, -0.05) is 13.0 Å². The van der Waals surface area contributed by atoms with E-state index in [0.29, 0.717) is 13.2 Å². The zero-order valence-electron chi connectivity index (χ0n) is 12.8. The minimum Gasteiger partial charge on any atom is -0.497 e. The van der Waals surface area contributed by atoms with Gasteiger partial charge in [0.15, 0.2) is 0 Å². The number of hydrogen-bond acceptors (Lipinski definition) is 4. The molecule has 0 amide bonds. The van der Waals surface area contributed by atoms with E-state index in [1.54, 1.807) is 7.11 Å². The van der Waals surface area contributed by atoms with Crippen molar-refractivity contribution in [1.82, 2.24) is 4.90 Å². The number of methoxy groups -OCH3 is 1. The van der Waals surface area contributed by atoms with Gasteiger partial charge in [0, 0.05) is 12.6 Å². The van der Waals surface area contributed by atoms with E-state index in [1.807, 2.05) is 24.3 Å². The van der Waals surface area contributed by atoms with Crippen LogP contribution in [0.25, 0.3) is 0 Å². The predicted molar refractivity (Wildman–Crippen MR) is 86.6 cm³/mol. The molecule has 1 atom stereocenters. The summed E-state index contributed by atoms with van der Waals surface area (Å²) in [6, 6.07) is 7.46. The standard InChI is InChI=1S/C16H25NO3.ClH/c1-13-6-8-17(9-7-13)11-14(18)12-20-16-5-3-4-15(10-16)19-2;/h3-5,10,13-14,18H,6-9,11-12H2,1-2H3;1H. The van der Waals surface area contributed by atoms with Crippen LogP contribution in [-0.2, 0) is 0 Å². The number of β-amino-alcohol motifs (C(OH)–C–C–N with tert-alkyl or cyclic N) is 1. The molecular weight excluding hydrogens is 290 g/mol. The number of rotatable bonds is 6. The van der Waals surface area contributed by atoms with E-state index in [9.17, 15) is 5.11 Å². The average molecular weight is 316 g/mol. The molecule has 2 rings (SSSR count). The number of aliphatic hydroxyl groups is 1. The molecule has 120 valence electrons. The molecular formula is C16H26ClNO3. The molecule has 1 aromatic carbocycles. The van der Waals surface area contributed by atoms with Gasteiger partial charge >= 0.3 is 0 Å². The summed E-state index contributed by atoms with van der Waals surface area (Å²) in [6.45, 7) is 5.46. The molecule has 0 bridgehead atoms. The molecule has 1 heterocycles. The van der Waals surface area contributed by atoms with Crippen LogP contribution in [0.5, 0.6) is 11.5 Å². The van der Waals surface area contributed by atoms with Crippen molar-refractivity contribution in [1.29, 1.82) is 0 Å². The fourth-order valence-corrected chi connectivity index (χ4v) is 2.48. The van der Waals surface area contributed by atoms with Gasteiger partial charge < -0.3 is 19.5 Å². The Labute approximate surface area is 133 Å². The van der Waals surface area contributed by atoms with Crippen LogP contribution in [0.3, 0.4) is 0 Å². The van der Waals surface area contributed by atoms with Crippen LogP contribution in [0.15, 0.2) is 24.3 Å². The summed E-state index contributed by atoms with van der Waals surface area (Å²) < 4.78 is 10.8. The highest BCUT2D eigenvalue weighted by Crippen LogP contribution is 2.19. The lowest BCUT2D eigenvalue weighted by atomic mass is 9.99. The van der Waals surface area contributed by atoms with Gasteiger partial charge in [-0.3, -0.25) is 0 Å². The van der Waals surface area contributed by atoms with Crippen LogP contribution in [-0.4, -0.2) is 49.5 Å². The maximum atomic E-state index is 10.1. The molecule has 5 heteroatoms. The highest BCUT2D eigenvalue weighted by molar-refractivity contribution is 5.85. The van der Waals surface area contributed by atoms with Gasteiger partial charge in [0.1, 0.15) is 24.2 Å². The molecule has 21 heavy (non-hydrogen) atoms. The van der Waals surface area contributed by atoms with Gasteiger partial charge in [-0.2, -0.15) is 0 Å². The second kappa shape index (κ2) is 9.13. The third-order valence-corrected chi connectivity index (χ3v) is 3.83. The first-order valence-electron chi connectivity index (χ1n) is 7.34. The highest BCUT2D eigenvalue weighted by atomic mass is 35.5. The quantitative estimate of drug-likeness (QED) is 0.876. The fraction of sp³-hybridized carbons (Fsp3) is 0.625. The number of piperidine rings is 1. The molecule has 1 aliphatic rings. The lowest BCUT2D eigenvalue weighted by Crippen LogP contribution is -2.40. The Morgan fingerprint density at radius 1 is 1.29 bits per heavy atom. The van der Waals surface area contributed by atoms with Gasteiger partial charge in [0.05, 0.1) is 7.11 Å². The third-order valence-electron chi connectivity index (χ3n) is 3.83. The van der Waals surface area contributed by atoms with Crippen LogP contribution in [0.2, 0.25) is 0 Å². The van der Waals surface area contributed by atoms with Crippen molar-refractivity contribution in [2.24, 2.45) is 5.92 Å². The maximum Gasteiger partial charge on any atom is 0.123 e. The van der Waals surface area contributed by atoms with Crippen LogP contribution in [0.1, 0.15) is 19.8 Å². The van der Waals surface area contributed by atoms with Crippen molar-refractivity contribution in [3.05, 3.63) is 24.3 Å². The normalized spacial score (nSPS) is 17.9. The SMILES string of the molecule is COc1cccc(OCC(O)CN2CCC(C)CC2)c1.Cl. The van der Waals surface area contributed by atoms with Crippen LogP contribution < -0.4 is 9.47 Å². The van der Waals surface area contributed by atoms with Crippen molar-refractivity contribution in [3.63, 3.8) is 0 Å². The van der Waals surface area contributed by atoms with Gasteiger partial charge in [0.2, 0.25) is 0 Å². The molecule has 0 aliphatic carbocycles. The molecule has 1 unspecified atom stereocenters. The number of hydrogen-bond donors (Lipinski definition) is 1. The Morgan fingerprint density at radius 3 is 2.62 bits per heavy atom. The number of likely N-dealkylation sites (tertiary alicyclic amines) is 1. The number of aliphatic hydroxyl groups excluding tert-OH is 1. The number of halogens is 1. The largest absolute Gasteiger partial charge is 0.497 e. The van der Waals surface area contributed by atoms with Crippen molar-refractivity contribution in [3.8, 4) is 11.5 Å². The second-order valence-electron chi connectivity index (χ2n) is 5.63. The minimum absolute atomic E-state index is 0. The molecule has 1 aromatic rings. The smallest absolute Gasteiger partial charge is 0.123 e. The van der Waals surface area contributed by atoms with Crippen molar-refractivity contribution < 1.29 is 14.6 Å². The van der Waals surface area contributed by atoms with E-state index in [0.717, 1.165) is 30.5 Å². The van der Waals surface area contributed by atoms with Gasteiger partial charge in [-0.25, -0.2) is 0 Å². The van der Waals surface area contributed by atoms with E-state index in [2.05, 4.69) is 11.8 Å². The summed E-state index contributed by atoms with van der Waals surface area (Å²) in [5.41, 5.74) is 0. The molecule has 0 saturated carbocycles. The van der Waals surface area contributed by atoms with Crippen LogP contribution in [0, 0.1) is 5.92 Å². The predicted octanol–water partition coefficient (Wildman–Crippen LogP) is 2.59. The van der Waals surface area contributed by atoms with E-state index in [4.69, 9.17) is 9.47 Å². The molecule has 4 nitrogen and oxygen atoms in total. The maximum absolute atomic E-state index is 10.1. The zero-order valence-corrected chi connectivity index (χ0v) is 13.6. The van der Waals surface area contributed by atoms with E-state index >= 15 is 0 Å². The molecule has 1 fully saturated rings. The summed E-state index contributed by atoms with van der Waals surface area (Å²) in [7, 11) is 1.63. The number of nitrogens with zero attached hydrogens (tertiary/aromatic N) is 1. The Balaban J connectivity index is 0.00000220. The fourth-order valence-electron chi connectivity index (χ4n) is 2.48. The summed E-state index contributed by atoms with van der Waals surface area (Å²) in [6.07, 6.45) is 2.00. The average Bonchev–Trinajstić information content (AvgIpc) is 2.48. The Morgan fingerprint density at radius 2 is 1.95 bits per heavy atom. The van der Waals surface area contributed by atoms with Crippen molar-refractivity contribution in [2.75, 3.05) is 33.4 Å². The van der Waals surface area contributed by atoms with Gasteiger partial charge in [0.25, 0.3) is 0 Å². The molecule has 1 aliphatic heterocycles. The summed E-state index contributed by atoms with van der Waals surface area (Å²) in [5, 5.41) is 10.1. The highest BCUT2D eigenvalue weighted by Gasteiger charge is 2.18. The minimum atomic E-state index is -0.449. The lowest BCUT2D eigenvalue weighted by Gasteiger charge is -2.31. The van der Waals surface area contributed by atoms with Crippen LogP contribution >= 0.6 is 12.4 Å². The molecule has 0 spiro atoms. The molecule has 1 N–H and O–H groups in total. The monoisotopic (exact) mass is 315 g/mol. The number of benzene rings is 1. The van der Waals surface area contributed by atoms with Gasteiger partial charge in [-0.05, 0) is 44.0 Å². The third kappa shape index (κ3) is 6.12. The molecule has 0 radical (unpaired) electrons. The summed E-state index contributed by atoms with van der Waals surface area (Å²) >= 11 is 0. The topological polar surface area (TPSA) is 41.9 Å². The first kappa shape index (κ1) is 18.1. The Hall–Kier alpha value is -0.970. The van der Waals surface area contributed by atoms with Crippen molar-refractivity contribution in [2.45, 2.75) is 25.9 Å². The second-order valence-corrected chi connectivity index (χ2v) is 5.63. The zero-order chi connectivity index (χ0) is 14.4. The first-order chi connectivity index (χ1) is 9.67. The van der Waals surface area contributed by atoms with Crippen molar-refractivity contribution >= 4 is 12.4 Å². The van der Waals surface area contributed by atoms with E-state index in [-0.39, 0.29) is 12.4 Å². The summed E-state index contributed by atoms with van der Waals surface area (Å²) in [4.78, 5) is 2.32. The molecule has 0 aromatic heterocycles. The van der Waals surface area contributed by atoms with E-state index in [1.165, 1.54) is 12.8 Å². The Bertz CT molecular complexity index is 408. The first-order valence-corrected chi connectivity index (χ1v) is 7.34. The van der Waals surface area contributed by atoms with Gasteiger partial charge in [-0.15, -0.1) is 12.4 Å².